The van der Waals surface area contributed by atoms with Gasteiger partial charge in [0.05, 0.1) is 16.8 Å². The molecule has 1 saturated heterocycles. The fourth-order valence-corrected chi connectivity index (χ4v) is 5.80. The van der Waals surface area contributed by atoms with Crippen LogP contribution in [0.25, 0.3) is 5.57 Å². The lowest BCUT2D eigenvalue weighted by atomic mass is 9.88. The average molecular weight is 535 g/mol. The highest BCUT2D eigenvalue weighted by Crippen LogP contribution is 2.32. The Balaban J connectivity index is 1.26. The summed E-state index contributed by atoms with van der Waals surface area (Å²) in [5.41, 5.74) is 5.68. The first kappa shape index (κ1) is 25.9. The lowest BCUT2D eigenvalue weighted by Crippen LogP contribution is -2.33. The van der Waals surface area contributed by atoms with E-state index in [0.717, 1.165) is 58.8 Å². The second kappa shape index (κ2) is 11.0. The van der Waals surface area contributed by atoms with Gasteiger partial charge >= 0.3 is 0 Å². The number of rotatable bonds is 7. The van der Waals surface area contributed by atoms with E-state index in [0.29, 0.717) is 12.1 Å². The van der Waals surface area contributed by atoms with Gasteiger partial charge in [0, 0.05) is 26.1 Å². The third-order valence-electron chi connectivity index (χ3n) is 6.85. The molecule has 0 unspecified atom stereocenters. The van der Waals surface area contributed by atoms with Crippen LogP contribution in [-0.4, -0.2) is 47.4 Å². The van der Waals surface area contributed by atoms with E-state index in [9.17, 15) is 17.2 Å². The summed E-state index contributed by atoms with van der Waals surface area (Å²) < 4.78 is 53.8. The van der Waals surface area contributed by atoms with Crippen LogP contribution in [0.4, 0.5) is 8.78 Å². The summed E-state index contributed by atoms with van der Waals surface area (Å²) in [6, 6.07) is 19.5. The molecule has 9 heteroatoms. The first-order valence-corrected chi connectivity index (χ1v) is 13.9. The standard InChI is InChI=1S/C29H28F2N4O2S/c1-21-2-12-28(13-3-21)38(36,37)35-20-27(32-33-35)16-19-34-17-14-24(15-18-34)29(22-4-8-25(30)9-5-22)23-6-10-26(31)11-7-23/h2-13,20H,14-19H2,1H3. The average Bonchev–Trinajstić information content (AvgIpc) is 3.41. The quantitative estimate of drug-likeness (QED) is 0.324. The van der Waals surface area contributed by atoms with Crippen molar-refractivity contribution in [2.45, 2.75) is 31.1 Å². The van der Waals surface area contributed by atoms with Crippen LogP contribution in [0, 0.1) is 18.6 Å². The maximum absolute atomic E-state index is 13.6. The van der Waals surface area contributed by atoms with E-state index in [1.807, 2.05) is 6.92 Å². The number of aryl methyl sites for hydroxylation is 1. The molecule has 1 aliphatic rings. The van der Waals surface area contributed by atoms with Crippen molar-refractivity contribution < 1.29 is 17.2 Å². The Morgan fingerprint density at radius 3 is 1.95 bits per heavy atom. The van der Waals surface area contributed by atoms with Crippen LogP contribution in [0.15, 0.2) is 89.5 Å². The predicted molar refractivity (Wildman–Crippen MR) is 142 cm³/mol. The molecule has 2 heterocycles. The minimum absolute atomic E-state index is 0.174. The van der Waals surface area contributed by atoms with Crippen molar-refractivity contribution in [3.8, 4) is 0 Å². The van der Waals surface area contributed by atoms with Crippen LogP contribution in [0.1, 0.15) is 35.2 Å². The molecule has 196 valence electrons. The summed E-state index contributed by atoms with van der Waals surface area (Å²) in [5, 5.41) is 7.95. The number of hydrogen-bond acceptors (Lipinski definition) is 5. The molecule has 0 aliphatic carbocycles. The second-order valence-corrected chi connectivity index (χ2v) is 11.3. The number of likely N-dealkylation sites (tertiary alicyclic amines) is 1. The van der Waals surface area contributed by atoms with E-state index in [4.69, 9.17) is 0 Å². The molecule has 1 fully saturated rings. The van der Waals surface area contributed by atoms with Crippen LogP contribution in [0.5, 0.6) is 0 Å². The van der Waals surface area contributed by atoms with E-state index >= 15 is 0 Å². The van der Waals surface area contributed by atoms with Gasteiger partial charge in [0.1, 0.15) is 11.6 Å². The molecule has 0 bridgehead atoms. The third-order valence-corrected chi connectivity index (χ3v) is 8.39. The normalized spacial score (nSPS) is 14.6. The molecule has 0 atom stereocenters. The fraction of sp³-hybridized carbons (Fsp3) is 0.241. The first-order valence-electron chi connectivity index (χ1n) is 12.5. The molecular formula is C29H28F2N4O2S. The van der Waals surface area contributed by atoms with Crippen LogP contribution < -0.4 is 0 Å². The number of aromatic nitrogens is 3. The third kappa shape index (κ3) is 5.74. The van der Waals surface area contributed by atoms with Crippen molar-refractivity contribution in [1.82, 2.24) is 19.3 Å². The van der Waals surface area contributed by atoms with E-state index in [1.54, 1.807) is 48.5 Å². The van der Waals surface area contributed by atoms with E-state index in [1.165, 1.54) is 36.0 Å². The smallest absolute Gasteiger partial charge is 0.284 e. The van der Waals surface area contributed by atoms with Crippen molar-refractivity contribution in [1.29, 1.82) is 0 Å². The number of benzene rings is 3. The predicted octanol–water partition coefficient (Wildman–Crippen LogP) is 5.24. The van der Waals surface area contributed by atoms with Crippen LogP contribution in [-0.2, 0) is 16.4 Å². The van der Waals surface area contributed by atoms with Crippen LogP contribution in [0.2, 0.25) is 0 Å². The van der Waals surface area contributed by atoms with E-state index in [2.05, 4.69) is 15.2 Å². The monoisotopic (exact) mass is 534 g/mol. The van der Waals surface area contributed by atoms with Gasteiger partial charge in [-0.05, 0) is 72.9 Å². The molecule has 0 radical (unpaired) electrons. The highest BCUT2D eigenvalue weighted by Gasteiger charge is 2.21. The van der Waals surface area contributed by atoms with Crippen LogP contribution >= 0.6 is 0 Å². The van der Waals surface area contributed by atoms with E-state index in [-0.39, 0.29) is 16.5 Å². The summed E-state index contributed by atoms with van der Waals surface area (Å²) in [6.45, 7) is 4.25. The molecule has 38 heavy (non-hydrogen) atoms. The fourth-order valence-electron chi connectivity index (χ4n) is 4.71. The van der Waals surface area contributed by atoms with Gasteiger partial charge in [0.2, 0.25) is 0 Å². The Kier molecular flexibility index (Phi) is 7.49. The zero-order valence-corrected chi connectivity index (χ0v) is 21.8. The Bertz CT molecular complexity index is 1490. The van der Waals surface area contributed by atoms with Gasteiger partial charge in [0.15, 0.2) is 0 Å². The molecule has 6 nitrogen and oxygen atoms in total. The van der Waals surface area contributed by atoms with Crippen molar-refractivity contribution in [3.05, 3.63) is 119 Å². The number of hydrogen-bond donors (Lipinski definition) is 0. The molecule has 1 aromatic heterocycles. The summed E-state index contributed by atoms with van der Waals surface area (Å²) in [6.07, 6.45) is 3.69. The summed E-state index contributed by atoms with van der Waals surface area (Å²) in [4.78, 5) is 2.48. The number of nitrogens with zero attached hydrogens (tertiary/aromatic N) is 4. The zero-order chi connectivity index (χ0) is 26.7. The second-order valence-electron chi connectivity index (χ2n) is 9.48. The van der Waals surface area contributed by atoms with Gasteiger partial charge in [-0.3, -0.25) is 0 Å². The Morgan fingerprint density at radius 2 is 1.39 bits per heavy atom. The summed E-state index contributed by atoms with van der Waals surface area (Å²) in [5.74, 6) is -0.591. The Hall–Kier alpha value is -3.69. The minimum Gasteiger partial charge on any atom is -0.302 e. The molecule has 0 N–H and O–H groups in total. The molecular weight excluding hydrogens is 506 g/mol. The van der Waals surface area contributed by atoms with Gasteiger partial charge in [-0.1, -0.05) is 52.7 Å². The van der Waals surface area contributed by atoms with Crippen molar-refractivity contribution >= 4 is 15.6 Å². The highest BCUT2D eigenvalue weighted by molar-refractivity contribution is 7.89. The molecule has 0 spiro atoms. The van der Waals surface area contributed by atoms with Gasteiger partial charge < -0.3 is 4.90 Å². The lowest BCUT2D eigenvalue weighted by molar-refractivity contribution is 0.259. The van der Waals surface area contributed by atoms with E-state index < -0.39 is 10.0 Å². The summed E-state index contributed by atoms with van der Waals surface area (Å²) in [7, 11) is -3.78. The molecule has 4 aromatic rings. The van der Waals surface area contributed by atoms with Crippen LogP contribution in [0.3, 0.4) is 0 Å². The molecule has 3 aromatic carbocycles. The SMILES string of the molecule is Cc1ccc(S(=O)(=O)n2cc(CCN3CCC(=C(c4ccc(F)cc4)c4ccc(F)cc4)CC3)nn2)cc1. The maximum Gasteiger partial charge on any atom is 0.284 e. The molecule has 0 amide bonds. The molecule has 5 rings (SSSR count). The van der Waals surface area contributed by atoms with Gasteiger partial charge in [-0.25, -0.2) is 8.78 Å². The Morgan fingerprint density at radius 1 is 0.842 bits per heavy atom. The first-order chi connectivity index (χ1) is 18.3. The molecule has 1 aliphatic heterocycles. The maximum atomic E-state index is 13.6. The lowest BCUT2D eigenvalue weighted by Gasteiger charge is -2.30. The topological polar surface area (TPSA) is 68.1 Å². The molecule has 0 saturated carbocycles. The largest absolute Gasteiger partial charge is 0.302 e. The minimum atomic E-state index is -3.78. The van der Waals surface area contributed by atoms with Crippen molar-refractivity contribution in [2.75, 3.05) is 19.6 Å². The zero-order valence-electron chi connectivity index (χ0n) is 21.0. The van der Waals surface area contributed by atoms with Gasteiger partial charge in [-0.2, -0.15) is 8.42 Å². The highest BCUT2D eigenvalue weighted by atomic mass is 32.2. The number of piperidine rings is 1. The van der Waals surface area contributed by atoms with Crippen molar-refractivity contribution in [3.63, 3.8) is 0 Å². The summed E-state index contributed by atoms with van der Waals surface area (Å²) >= 11 is 0. The number of halogens is 2. The van der Waals surface area contributed by atoms with Gasteiger partial charge in [-0.15, -0.1) is 9.19 Å². The Labute approximate surface area is 221 Å². The van der Waals surface area contributed by atoms with Crippen molar-refractivity contribution in [2.24, 2.45) is 0 Å². The van der Waals surface area contributed by atoms with Gasteiger partial charge in [0.25, 0.3) is 10.0 Å².